The van der Waals surface area contributed by atoms with Crippen LogP contribution >= 0.6 is 7.82 Å². The molecule has 0 radical (unpaired) electrons. The van der Waals surface area contributed by atoms with Crippen LogP contribution in [0.25, 0.3) is 0 Å². The SMILES string of the molecule is CCCCC/C=C\C/C=C\C/C=C\C/C=C\C/C=C\CCC(=O)O[C@H](COC(=O)CCC/C=C\C/C=C\C/C=C\C/C=C\CCC[C@@H](C)O)COP(=O)(O)OCC[N+](C)(C)C. The molecule has 3 atom stereocenters. The molecule has 0 spiro atoms. The van der Waals surface area contributed by atoms with Crippen molar-refractivity contribution in [3.05, 3.63) is 109 Å². The summed E-state index contributed by atoms with van der Waals surface area (Å²) < 4.78 is 34.1. The fourth-order valence-corrected chi connectivity index (χ4v) is 5.98. The number of likely N-dealkylation sites (N-methyl/N-ethyl adjacent to an activating group) is 1. The number of esters is 2. The summed E-state index contributed by atoms with van der Waals surface area (Å²) in [5, 5.41) is 9.28. The summed E-state index contributed by atoms with van der Waals surface area (Å²) in [4.78, 5) is 35.3. The van der Waals surface area contributed by atoms with Crippen LogP contribution in [-0.2, 0) is 32.7 Å². The number of unbranched alkanes of at least 4 members (excludes halogenated alkanes) is 5. The summed E-state index contributed by atoms with van der Waals surface area (Å²) in [6.45, 7) is 3.75. The molecule has 0 saturated heterocycles. The summed E-state index contributed by atoms with van der Waals surface area (Å²) in [5.74, 6) is -0.990. The van der Waals surface area contributed by atoms with Gasteiger partial charge in [0.05, 0.1) is 33.9 Å². The van der Waals surface area contributed by atoms with Crippen molar-refractivity contribution in [1.29, 1.82) is 0 Å². The lowest BCUT2D eigenvalue weighted by molar-refractivity contribution is -0.870. The number of allylic oxidation sites excluding steroid dienone is 18. The van der Waals surface area contributed by atoms with Crippen LogP contribution in [0.2, 0.25) is 0 Å². The summed E-state index contributed by atoms with van der Waals surface area (Å²) in [7, 11) is 1.36. The lowest BCUT2D eigenvalue weighted by Gasteiger charge is -2.24. The molecule has 0 aromatic carbocycles. The van der Waals surface area contributed by atoms with Crippen LogP contribution in [0.4, 0.5) is 0 Å². The van der Waals surface area contributed by atoms with Gasteiger partial charge in [-0.25, -0.2) is 4.57 Å². The second-order valence-electron chi connectivity index (χ2n) is 16.0. The first kappa shape index (κ1) is 57.6. The van der Waals surface area contributed by atoms with Crippen molar-refractivity contribution in [2.24, 2.45) is 0 Å². The molecule has 2 N–H and O–H groups in total. The van der Waals surface area contributed by atoms with Gasteiger partial charge in [0, 0.05) is 12.8 Å². The van der Waals surface area contributed by atoms with Crippen molar-refractivity contribution in [3.8, 4) is 0 Å². The second-order valence-corrected chi connectivity index (χ2v) is 17.5. The zero-order chi connectivity index (χ0) is 45.1. The minimum absolute atomic E-state index is 0.00199. The van der Waals surface area contributed by atoms with Gasteiger partial charge < -0.3 is 24.0 Å². The molecule has 0 aliphatic rings. The standard InChI is InChI=1S/C50H82NO9P/c1-6-7-8-9-10-11-12-13-14-15-16-17-20-24-27-30-33-36-39-42-50(54)60-48(46-59-61(55,56)58-44-43-51(3,4)5)45-57-49(53)41-38-35-32-29-26-23-21-18-19-22-25-28-31-34-37-40-47(2)52/h10-11,13-14,16-17,19,21-24,27-29,31-33,36,47-48,52H,6-9,12,15,18,20,25-26,30,34-35,37-46H2,1-5H3/p+1/b11-10-,14-13-,17-16-,22-19-,23-21-,27-24-,31-28-,32-29-,36-33-/t47-,48-/m1/s1. The third-order valence-corrected chi connectivity index (χ3v) is 9.79. The Kier molecular flexibility index (Phi) is 38.4. The van der Waals surface area contributed by atoms with Crippen LogP contribution in [0.5, 0.6) is 0 Å². The van der Waals surface area contributed by atoms with Crippen LogP contribution in [0, 0.1) is 0 Å². The molecule has 0 heterocycles. The van der Waals surface area contributed by atoms with Crippen LogP contribution in [0.3, 0.4) is 0 Å². The fourth-order valence-electron chi connectivity index (χ4n) is 5.24. The third kappa shape index (κ3) is 46.0. The Hall–Kier alpha value is -3.37. The Morgan fingerprint density at radius 3 is 1.48 bits per heavy atom. The topological polar surface area (TPSA) is 129 Å². The van der Waals surface area contributed by atoms with E-state index in [1.54, 1.807) is 0 Å². The van der Waals surface area contributed by atoms with Gasteiger partial charge in [-0.1, -0.05) is 129 Å². The predicted octanol–water partition coefficient (Wildman–Crippen LogP) is 12.1. The van der Waals surface area contributed by atoms with Crippen LogP contribution in [0.1, 0.15) is 136 Å². The van der Waals surface area contributed by atoms with Gasteiger partial charge in [-0.15, -0.1) is 0 Å². The van der Waals surface area contributed by atoms with Gasteiger partial charge >= 0.3 is 19.8 Å². The molecule has 0 aromatic rings. The highest BCUT2D eigenvalue weighted by Gasteiger charge is 2.27. The van der Waals surface area contributed by atoms with Crippen molar-refractivity contribution in [3.63, 3.8) is 0 Å². The molecule has 1 unspecified atom stereocenters. The second kappa shape index (κ2) is 40.7. The molecular weight excluding hydrogens is 790 g/mol. The Morgan fingerprint density at radius 1 is 0.574 bits per heavy atom. The van der Waals surface area contributed by atoms with Crippen molar-refractivity contribution in [2.75, 3.05) is 47.5 Å². The van der Waals surface area contributed by atoms with E-state index >= 15 is 0 Å². The lowest BCUT2D eigenvalue weighted by Crippen LogP contribution is -2.37. The van der Waals surface area contributed by atoms with E-state index in [2.05, 4.69) is 98.1 Å². The van der Waals surface area contributed by atoms with E-state index in [1.807, 2.05) is 46.3 Å². The van der Waals surface area contributed by atoms with Crippen LogP contribution < -0.4 is 0 Å². The number of carbonyl (C=O) groups excluding carboxylic acids is 2. The van der Waals surface area contributed by atoms with Gasteiger partial charge in [0.15, 0.2) is 6.10 Å². The van der Waals surface area contributed by atoms with Crippen molar-refractivity contribution < 1.29 is 47.2 Å². The number of quaternary nitrogens is 1. The van der Waals surface area contributed by atoms with E-state index in [9.17, 15) is 24.2 Å². The molecule has 0 aromatic heterocycles. The van der Waals surface area contributed by atoms with E-state index in [0.717, 1.165) is 64.2 Å². The smallest absolute Gasteiger partial charge is 0.462 e. The average Bonchev–Trinajstić information content (AvgIpc) is 3.20. The highest BCUT2D eigenvalue weighted by molar-refractivity contribution is 7.47. The van der Waals surface area contributed by atoms with Gasteiger partial charge in [-0.2, -0.15) is 0 Å². The first-order valence-corrected chi connectivity index (χ1v) is 24.1. The number of phosphoric ester groups is 1. The number of aliphatic hydroxyl groups is 1. The maximum absolute atomic E-state index is 12.7. The molecule has 10 nitrogen and oxygen atoms in total. The normalized spacial score (nSPS) is 15.1. The summed E-state index contributed by atoms with van der Waals surface area (Å²) in [6, 6.07) is 0. The summed E-state index contributed by atoms with van der Waals surface area (Å²) >= 11 is 0. The Labute approximate surface area is 370 Å². The molecular formula is C50H83NO9P+. The first-order chi connectivity index (χ1) is 29.3. The number of rotatable bonds is 39. The first-order valence-electron chi connectivity index (χ1n) is 22.6. The number of carbonyl (C=O) groups is 2. The van der Waals surface area contributed by atoms with E-state index in [0.29, 0.717) is 30.3 Å². The molecule has 61 heavy (non-hydrogen) atoms. The Balaban J connectivity index is 4.59. The Morgan fingerprint density at radius 2 is 1.02 bits per heavy atom. The number of aliphatic hydroxyl groups excluding tert-OH is 1. The molecule has 0 amide bonds. The van der Waals surface area contributed by atoms with Crippen molar-refractivity contribution in [1.82, 2.24) is 0 Å². The fraction of sp³-hybridized carbons (Fsp3) is 0.600. The lowest BCUT2D eigenvalue weighted by atomic mass is 10.1. The number of hydrogen-bond donors (Lipinski definition) is 2. The van der Waals surface area contributed by atoms with Crippen LogP contribution in [-0.4, -0.2) is 86.1 Å². The van der Waals surface area contributed by atoms with Crippen molar-refractivity contribution in [2.45, 2.75) is 148 Å². The monoisotopic (exact) mass is 873 g/mol. The van der Waals surface area contributed by atoms with E-state index in [-0.39, 0.29) is 32.2 Å². The zero-order valence-corrected chi connectivity index (χ0v) is 39.4. The van der Waals surface area contributed by atoms with Gasteiger partial charge in [-0.05, 0) is 103 Å². The molecule has 0 saturated carbocycles. The molecule has 0 rings (SSSR count). The van der Waals surface area contributed by atoms with E-state index in [1.165, 1.54) is 25.7 Å². The molecule has 0 aliphatic heterocycles. The molecule has 0 fully saturated rings. The van der Waals surface area contributed by atoms with Crippen molar-refractivity contribution >= 4 is 19.8 Å². The third-order valence-electron chi connectivity index (χ3n) is 8.81. The minimum atomic E-state index is -4.42. The van der Waals surface area contributed by atoms with Gasteiger partial charge in [0.2, 0.25) is 0 Å². The highest BCUT2D eigenvalue weighted by Crippen LogP contribution is 2.43. The number of nitrogens with zero attached hydrogens (tertiary/aromatic N) is 1. The quantitative estimate of drug-likeness (QED) is 0.0204. The average molecular weight is 873 g/mol. The largest absolute Gasteiger partial charge is 0.472 e. The van der Waals surface area contributed by atoms with Gasteiger partial charge in [0.1, 0.15) is 19.8 Å². The van der Waals surface area contributed by atoms with E-state index in [4.69, 9.17) is 18.5 Å². The molecule has 0 aliphatic carbocycles. The minimum Gasteiger partial charge on any atom is -0.462 e. The van der Waals surface area contributed by atoms with Gasteiger partial charge in [-0.3, -0.25) is 18.6 Å². The Bertz CT molecular complexity index is 1420. The molecule has 346 valence electrons. The summed E-state index contributed by atoms with van der Waals surface area (Å²) in [5.41, 5.74) is 0. The van der Waals surface area contributed by atoms with E-state index < -0.39 is 32.5 Å². The number of ether oxygens (including phenoxy) is 2. The zero-order valence-electron chi connectivity index (χ0n) is 38.5. The molecule has 0 bridgehead atoms. The van der Waals surface area contributed by atoms with Crippen LogP contribution in [0.15, 0.2) is 109 Å². The molecule has 11 heteroatoms. The maximum atomic E-state index is 12.7. The van der Waals surface area contributed by atoms with Gasteiger partial charge in [0.25, 0.3) is 0 Å². The number of hydrogen-bond acceptors (Lipinski definition) is 8. The highest BCUT2D eigenvalue weighted by atomic mass is 31.2. The number of phosphoric acid groups is 1. The predicted molar refractivity (Wildman–Crippen MR) is 253 cm³/mol. The maximum Gasteiger partial charge on any atom is 0.472 e. The summed E-state index contributed by atoms with van der Waals surface area (Å²) in [6.07, 6.45) is 52.9.